The normalized spacial score (nSPS) is 18.3. The number of pyridine rings is 1. The summed E-state index contributed by atoms with van der Waals surface area (Å²) in [5.41, 5.74) is 6.18. The van der Waals surface area contributed by atoms with Crippen LogP contribution < -0.4 is 26.0 Å². The summed E-state index contributed by atoms with van der Waals surface area (Å²) in [6, 6.07) is 14.7. The number of nitrogens with one attached hydrogen (secondary N) is 4. The zero-order valence-electron chi connectivity index (χ0n) is 43.7. The number of aliphatic hydroxyl groups is 1. The van der Waals surface area contributed by atoms with E-state index in [2.05, 4.69) is 31.2 Å². The number of aliphatic hydroxyl groups excluding tert-OH is 1. The molecule has 0 spiro atoms. The zero-order valence-corrected chi connectivity index (χ0v) is 44.5. The van der Waals surface area contributed by atoms with Gasteiger partial charge < -0.3 is 50.2 Å². The minimum absolute atomic E-state index is 0.00456. The third-order valence-electron chi connectivity index (χ3n) is 13.2. The minimum atomic E-state index is -4.17. The Morgan fingerprint density at radius 3 is 2.20 bits per heavy atom. The summed E-state index contributed by atoms with van der Waals surface area (Å²) in [6.07, 6.45) is 1.24. The van der Waals surface area contributed by atoms with Crippen LogP contribution in [0.3, 0.4) is 0 Å². The second-order valence-corrected chi connectivity index (χ2v) is 20.9. The van der Waals surface area contributed by atoms with Crippen molar-refractivity contribution in [1.29, 1.82) is 0 Å². The third-order valence-corrected chi connectivity index (χ3v) is 14.2. The number of hydrogen-bond acceptors (Lipinski definition) is 13. The van der Waals surface area contributed by atoms with E-state index in [0.717, 1.165) is 32.8 Å². The number of rotatable bonds is 25. The van der Waals surface area contributed by atoms with Gasteiger partial charge in [-0.2, -0.15) is 13.2 Å². The Labute approximate surface area is 445 Å². The molecule has 1 saturated carbocycles. The van der Waals surface area contributed by atoms with E-state index in [1.807, 2.05) is 55.5 Å². The summed E-state index contributed by atoms with van der Waals surface area (Å²) >= 11 is 1.56. The maximum absolute atomic E-state index is 13.9. The highest BCUT2D eigenvalue weighted by molar-refractivity contribution is 7.13. The van der Waals surface area contributed by atoms with Crippen molar-refractivity contribution < 1.29 is 61.2 Å². The number of hydrogen-bond donors (Lipinski definition) is 5. The lowest BCUT2D eigenvalue weighted by Crippen LogP contribution is -2.58. The molecule has 3 heterocycles. The Hall–Kier alpha value is -6.26. The number of carbonyl (C=O) groups excluding carboxylic acids is 5. The van der Waals surface area contributed by atoms with E-state index in [4.69, 9.17) is 18.9 Å². The van der Waals surface area contributed by atoms with Crippen molar-refractivity contribution in [3.8, 4) is 16.2 Å². The number of amides is 5. The van der Waals surface area contributed by atoms with Crippen LogP contribution in [0.25, 0.3) is 16.5 Å². The van der Waals surface area contributed by atoms with Crippen LogP contribution >= 0.6 is 11.3 Å². The molecule has 17 nitrogen and oxygen atoms in total. The maximum atomic E-state index is 13.9. The summed E-state index contributed by atoms with van der Waals surface area (Å²) in [5.74, 6) is -2.86. The molecule has 0 radical (unpaired) electrons. The molecule has 1 aliphatic heterocycles. The van der Waals surface area contributed by atoms with Gasteiger partial charge in [-0.3, -0.25) is 24.0 Å². The first-order valence-corrected chi connectivity index (χ1v) is 26.4. The average molecular weight is 1080 g/mol. The fourth-order valence-electron chi connectivity index (χ4n) is 8.98. The minimum Gasteiger partial charge on any atom is -0.495 e. The highest BCUT2D eigenvalue weighted by Gasteiger charge is 2.45. The van der Waals surface area contributed by atoms with Crippen molar-refractivity contribution in [1.82, 2.24) is 36.1 Å². The molecule has 1 unspecified atom stereocenters. The lowest BCUT2D eigenvalue weighted by atomic mass is 9.81. The van der Waals surface area contributed by atoms with E-state index in [1.165, 1.54) is 18.2 Å². The predicted octanol–water partition coefficient (Wildman–Crippen LogP) is 6.35. The average Bonchev–Trinajstić information content (AvgIpc) is 4.02. The van der Waals surface area contributed by atoms with E-state index in [1.54, 1.807) is 55.8 Å². The molecule has 76 heavy (non-hydrogen) atoms. The largest absolute Gasteiger partial charge is 0.495 e. The van der Waals surface area contributed by atoms with Crippen LogP contribution in [-0.2, 0) is 52.9 Å². The molecule has 5 amide bonds. The lowest BCUT2D eigenvalue weighted by molar-refractivity contribution is -0.183. The van der Waals surface area contributed by atoms with E-state index in [-0.39, 0.29) is 109 Å². The van der Waals surface area contributed by atoms with Crippen LogP contribution in [0.1, 0.15) is 91.3 Å². The van der Waals surface area contributed by atoms with Gasteiger partial charge in [-0.25, -0.2) is 9.97 Å². The van der Waals surface area contributed by atoms with Gasteiger partial charge in [0.15, 0.2) is 0 Å². The number of alkyl halides is 3. The second kappa shape index (κ2) is 28.2. The van der Waals surface area contributed by atoms with E-state index < -0.39 is 59.3 Å². The Morgan fingerprint density at radius 1 is 0.842 bits per heavy atom. The van der Waals surface area contributed by atoms with Gasteiger partial charge in [0.25, 0.3) is 5.91 Å². The molecule has 21 heteroatoms. The summed E-state index contributed by atoms with van der Waals surface area (Å²) < 4.78 is 61.3. The van der Waals surface area contributed by atoms with Gasteiger partial charge in [0.2, 0.25) is 23.6 Å². The van der Waals surface area contributed by atoms with Crippen LogP contribution in [0, 0.1) is 24.2 Å². The number of ether oxygens (including phenoxy) is 4. The number of halogens is 3. The molecule has 2 fully saturated rings. The van der Waals surface area contributed by atoms with E-state index >= 15 is 0 Å². The molecule has 1 saturated heterocycles. The summed E-state index contributed by atoms with van der Waals surface area (Å²) in [5, 5.41) is 21.9. The number of allylic oxidation sites excluding steroid dienone is 1. The molecule has 6 rings (SSSR count). The standard InChI is InChI=1S/C55H70F3N7O10S/c1-35-49(76-34-63-35)40-14-10-37(11-15-40)29-62-52(70)45-28-43(66)32-65(45)53(71)50(54(2,3)4)64-48(68)33-75-24-23-74-22-21-73-20-19-59-47(67)26-38-7-6-8-39(25-38)30-61-51(69)44-27-41(46(72-5)31-60-44)16-9-36-12-17-42(18-13-36)55(56,57)58/h6-11,14-16,25,27,31,34,36,42-43,45,50,66H,12-13,17-24,26,28-30,32-33H2,1-5H3,(H,59,67)(H,61,69)(H,62,70)(H,64,68)/b16-9+/t36-,42-,43-,45+,50?/m1/s1. The van der Waals surface area contributed by atoms with Crippen LogP contribution in [-0.4, -0.2) is 134 Å². The second-order valence-electron chi connectivity index (χ2n) is 20.1. The third kappa shape index (κ3) is 17.9. The van der Waals surface area contributed by atoms with Crippen molar-refractivity contribution in [3.63, 3.8) is 0 Å². The van der Waals surface area contributed by atoms with Gasteiger partial charge >= 0.3 is 6.18 Å². The van der Waals surface area contributed by atoms with Crippen molar-refractivity contribution >= 4 is 46.9 Å². The van der Waals surface area contributed by atoms with Gasteiger partial charge in [0.05, 0.1) is 80.9 Å². The van der Waals surface area contributed by atoms with Crippen LogP contribution in [0.5, 0.6) is 5.75 Å². The Kier molecular flexibility index (Phi) is 21.9. The highest BCUT2D eigenvalue weighted by Crippen LogP contribution is 2.40. The van der Waals surface area contributed by atoms with Crippen LogP contribution in [0.4, 0.5) is 13.2 Å². The molecular weight excluding hydrogens is 1010 g/mol. The Balaban J connectivity index is 0.818. The monoisotopic (exact) mass is 1080 g/mol. The molecule has 2 aromatic heterocycles. The molecule has 4 aromatic rings. The summed E-state index contributed by atoms with van der Waals surface area (Å²) in [6.45, 7) is 8.69. The SMILES string of the molecule is COc1cnc(C(=O)NCc2cccc(CC(=O)NCCOCCOCCOCC(=O)NC(C(=O)N3C[C@H](O)C[C@H]3C(=O)NCc3ccc(-c4scnc4C)cc3)C(C)(C)C)c2)cc1/C=C/[C@H]1CC[C@H](C(F)(F)F)CC1. The smallest absolute Gasteiger partial charge is 0.391 e. The molecule has 3 atom stereocenters. The summed E-state index contributed by atoms with van der Waals surface area (Å²) in [4.78, 5) is 77.1. The molecule has 1 aliphatic carbocycles. The molecule has 2 aliphatic rings. The molecule has 2 aromatic carbocycles. The van der Waals surface area contributed by atoms with Gasteiger partial charge in [-0.1, -0.05) is 81.5 Å². The number of thiazole rings is 1. The van der Waals surface area contributed by atoms with Crippen molar-refractivity contribution in [3.05, 3.63) is 106 Å². The first-order chi connectivity index (χ1) is 36.3. The number of benzene rings is 2. The molecule has 412 valence electrons. The quantitative estimate of drug-likeness (QED) is 0.0459. The lowest BCUT2D eigenvalue weighted by Gasteiger charge is -2.35. The topological polar surface area (TPSA) is 220 Å². The first kappa shape index (κ1) is 59.0. The zero-order chi connectivity index (χ0) is 54.8. The van der Waals surface area contributed by atoms with Gasteiger partial charge in [0.1, 0.15) is 30.1 Å². The number of nitrogens with zero attached hydrogens (tertiary/aromatic N) is 3. The van der Waals surface area contributed by atoms with Crippen LogP contribution in [0.2, 0.25) is 0 Å². The van der Waals surface area contributed by atoms with Gasteiger partial charge in [-0.05, 0) is 72.3 Å². The Morgan fingerprint density at radius 2 is 1.53 bits per heavy atom. The Bertz CT molecular complexity index is 2600. The highest BCUT2D eigenvalue weighted by atomic mass is 32.1. The fraction of sp³-hybridized carbons (Fsp3) is 0.509. The van der Waals surface area contributed by atoms with Gasteiger partial charge in [-0.15, -0.1) is 11.3 Å². The number of β-amino-alcohol motifs (C(OH)–C–C–N with tert-alkyl or cyclic N) is 1. The van der Waals surface area contributed by atoms with E-state index in [0.29, 0.717) is 24.2 Å². The number of aryl methyl sites for hydroxylation is 1. The van der Waals surface area contributed by atoms with E-state index in [9.17, 15) is 42.3 Å². The number of methoxy groups -OCH3 is 1. The number of likely N-dealkylation sites (tertiary alicyclic amines) is 1. The van der Waals surface area contributed by atoms with Crippen molar-refractivity contribution in [2.45, 2.75) is 104 Å². The summed E-state index contributed by atoms with van der Waals surface area (Å²) in [7, 11) is 1.48. The first-order valence-electron chi connectivity index (χ1n) is 25.5. The molecule has 0 bridgehead atoms. The van der Waals surface area contributed by atoms with Crippen molar-refractivity contribution in [2.75, 3.05) is 59.8 Å². The number of carbonyl (C=O) groups is 5. The van der Waals surface area contributed by atoms with Crippen molar-refractivity contribution in [2.24, 2.45) is 17.3 Å². The van der Waals surface area contributed by atoms with Crippen LogP contribution in [0.15, 0.2) is 72.4 Å². The molecular formula is C55H70F3N7O10S. The number of aromatic nitrogens is 2. The van der Waals surface area contributed by atoms with Gasteiger partial charge in [0, 0.05) is 38.2 Å². The maximum Gasteiger partial charge on any atom is 0.391 e. The molecule has 5 N–H and O–H groups in total. The predicted molar refractivity (Wildman–Crippen MR) is 280 cm³/mol. The fourth-order valence-corrected chi connectivity index (χ4v) is 9.79.